The van der Waals surface area contributed by atoms with Crippen LogP contribution in [0.2, 0.25) is 0 Å². The number of hydrogen-bond donors (Lipinski definition) is 4. The highest BCUT2D eigenvalue weighted by Crippen LogP contribution is 2.14. The lowest BCUT2D eigenvalue weighted by Gasteiger charge is -2.07. The third-order valence-electron chi connectivity index (χ3n) is 4.05. The normalized spacial score (nSPS) is 10.4. The second-order valence-electron chi connectivity index (χ2n) is 6.44. The van der Waals surface area contributed by atoms with E-state index in [9.17, 15) is 19.2 Å². The van der Waals surface area contributed by atoms with Crippen molar-refractivity contribution in [1.29, 1.82) is 0 Å². The van der Waals surface area contributed by atoms with Crippen LogP contribution in [0.15, 0.2) is 52.5 Å². The minimum atomic E-state index is -0.938. The molecule has 0 bridgehead atoms. The summed E-state index contributed by atoms with van der Waals surface area (Å²) in [7, 11) is 0. The molecule has 2 rings (SSSR count). The number of benzene rings is 1. The van der Waals surface area contributed by atoms with E-state index < -0.39 is 23.6 Å². The van der Waals surface area contributed by atoms with Crippen LogP contribution in [0.25, 0.3) is 0 Å². The van der Waals surface area contributed by atoms with Crippen LogP contribution in [-0.2, 0) is 25.7 Å². The lowest BCUT2D eigenvalue weighted by atomic mass is 10.1. The lowest BCUT2D eigenvalue weighted by Crippen LogP contribution is -2.37. The fourth-order valence-corrected chi connectivity index (χ4v) is 2.26. The number of carbonyl (C=O) groups excluding carboxylic acids is 4. The van der Waals surface area contributed by atoms with E-state index in [1.807, 2.05) is 25.3 Å². The fourth-order valence-electron chi connectivity index (χ4n) is 2.26. The molecule has 1 aromatic heterocycles. The molecular weight excluding hydrogens is 402 g/mol. The van der Waals surface area contributed by atoms with Gasteiger partial charge in [0.2, 0.25) is 0 Å². The van der Waals surface area contributed by atoms with Crippen molar-refractivity contribution < 1.29 is 23.6 Å². The van der Waals surface area contributed by atoms with E-state index in [1.54, 1.807) is 24.3 Å². The summed E-state index contributed by atoms with van der Waals surface area (Å²) < 4.78 is 5.41. The van der Waals surface area contributed by atoms with Crippen LogP contribution < -0.4 is 21.4 Å². The summed E-state index contributed by atoms with van der Waals surface area (Å²) in [6, 6.07) is 8.46. The first-order valence-corrected chi connectivity index (χ1v) is 9.27. The van der Waals surface area contributed by atoms with Gasteiger partial charge in [-0.15, -0.1) is 6.58 Å². The van der Waals surface area contributed by atoms with Crippen LogP contribution in [0.4, 0.5) is 5.69 Å². The molecule has 0 aliphatic heterocycles. The van der Waals surface area contributed by atoms with Crippen molar-refractivity contribution in [2.24, 2.45) is 5.10 Å². The van der Waals surface area contributed by atoms with E-state index in [0.29, 0.717) is 11.4 Å². The van der Waals surface area contributed by atoms with E-state index in [1.165, 1.54) is 12.3 Å². The molecule has 0 saturated carbocycles. The molecule has 4 N–H and O–H groups in total. The SMILES string of the molecule is C=CCNC(=O)C(=O)N/N=C/c1ccc(CNC(=O)C(=O)Nc2ccc(C)c(C)c2)o1. The first kappa shape index (κ1) is 23.1. The van der Waals surface area contributed by atoms with Crippen LogP contribution >= 0.6 is 0 Å². The predicted molar refractivity (Wildman–Crippen MR) is 114 cm³/mol. The maximum Gasteiger partial charge on any atom is 0.329 e. The maximum atomic E-state index is 12.0. The molecule has 162 valence electrons. The number of furan rings is 1. The second-order valence-corrected chi connectivity index (χ2v) is 6.44. The molecule has 31 heavy (non-hydrogen) atoms. The lowest BCUT2D eigenvalue weighted by molar-refractivity contribution is -0.139. The van der Waals surface area contributed by atoms with Gasteiger partial charge in [0.25, 0.3) is 0 Å². The van der Waals surface area contributed by atoms with E-state index >= 15 is 0 Å². The van der Waals surface area contributed by atoms with E-state index in [-0.39, 0.29) is 18.8 Å². The maximum absolute atomic E-state index is 12.0. The highest BCUT2D eigenvalue weighted by Gasteiger charge is 2.15. The predicted octanol–water partition coefficient (Wildman–Crippen LogP) is 0.904. The summed E-state index contributed by atoms with van der Waals surface area (Å²) in [5, 5.41) is 10.9. The molecule has 0 saturated heterocycles. The highest BCUT2D eigenvalue weighted by molar-refractivity contribution is 6.39. The molecule has 1 heterocycles. The third kappa shape index (κ3) is 7.28. The van der Waals surface area contributed by atoms with Crippen LogP contribution in [0, 0.1) is 13.8 Å². The Morgan fingerprint density at radius 3 is 2.42 bits per heavy atom. The van der Waals surface area contributed by atoms with Crippen molar-refractivity contribution in [2.75, 3.05) is 11.9 Å². The van der Waals surface area contributed by atoms with E-state index in [0.717, 1.165) is 11.1 Å². The van der Waals surface area contributed by atoms with Gasteiger partial charge in [0.15, 0.2) is 0 Å². The number of hydrazone groups is 1. The molecule has 0 unspecified atom stereocenters. The number of nitrogens with one attached hydrogen (secondary N) is 4. The molecule has 0 radical (unpaired) electrons. The highest BCUT2D eigenvalue weighted by atomic mass is 16.3. The van der Waals surface area contributed by atoms with Crippen molar-refractivity contribution in [3.8, 4) is 0 Å². The van der Waals surface area contributed by atoms with Gasteiger partial charge in [-0.25, -0.2) is 5.43 Å². The van der Waals surface area contributed by atoms with Gasteiger partial charge in [-0.2, -0.15) is 5.10 Å². The minimum absolute atomic E-state index is 0.0245. The van der Waals surface area contributed by atoms with Gasteiger partial charge in [0.05, 0.1) is 12.8 Å². The van der Waals surface area contributed by atoms with Crippen LogP contribution in [0.1, 0.15) is 22.6 Å². The average Bonchev–Trinajstić information content (AvgIpc) is 3.20. The molecule has 0 aliphatic rings. The largest absolute Gasteiger partial charge is 0.458 e. The summed E-state index contributed by atoms with van der Waals surface area (Å²) >= 11 is 0. The van der Waals surface area contributed by atoms with Crippen LogP contribution in [-0.4, -0.2) is 36.4 Å². The van der Waals surface area contributed by atoms with Crippen LogP contribution in [0.3, 0.4) is 0 Å². The van der Waals surface area contributed by atoms with E-state index in [4.69, 9.17) is 4.42 Å². The molecule has 2 aromatic rings. The number of anilines is 1. The van der Waals surface area contributed by atoms with Gasteiger partial charge in [0, 0.05) is 12.2 Å². The van der Waals surface area contributed by atoms with Crippen molar-refractivity contribution in [3.63, 3.8) is 0 Å². The summed E-state index contributed by atoms with van der Waals surface area (Å²) in [6.45, 7) is 7.41. The van der Waals surface area contributed by atoms with Gasteiger partial charge < -0.3 is 20.4 Å². The van der Waals surface area contributed by atoms with Gasteiger partial charge in [-0.05, 0) is 49.2 Å². The molecular formula is C21H23N5O5. The second kappa shape index (κ2) is 11.1. The molecule has 10 nitrogen and oxygen atoms in total. The van der Waals surface area contributed by atoms with Crippen molar-refractivity contribution in [2.45, 2.75) is 20.4 Å². The summed E-state index contributed by atoms with van der Waals surface area (Å²) in [5.74, 6) is -2.76. The number of carbonyl (C=O) groups is 4. The molecule has 0 aliphatic carbocycles. The monoisotopic (exact) mass is 425 g/mol. The van der Waals surface area contributed by atoms with Crippen molar-refractivity contribution in [1.82, 2.24) is 16.1 Å². The molecule has 4 amide bonds. The Kier molecular flexibility index (Phi) is 8.26. The molecule has 1 aromatic carbocycles. The van der Waals surface area contributed by atoms with E-state index in [2.05, 4.69) is 27.6 Å². The number of rotatable bonds is 7. The number of amides is 4. The summed E-state index contributed by atoms with van der Waals surface area (Å²) in [6.07, 6.45) is 2.63. The topological polar surface area (TPSA) is 142 Å². The first-order valence-electron chi connectivity index (χ1n) is 9.27. The van der Waals surface area contributed by atoms with Crippen LogP contribution in [0.5, 0.6) is 0 Å². The Balaban J connectivity index is 1.80. The zero-order chi connectivity index (χ0) is 22.8. The standard InChI is InChI=1S/C21H23N5O5/c1-4-9-22-19(28)21(30)26-24-12-17-8-7-16(31-17)11-23-18(27)20(29)25-15-6-5-13(2)14(3)10-15/h4-8,10,12H,1,9,11H2,2-3H3,(H,22,28)(H,23,27)(H,25,29)(H,26,30)/b24-12+. The molecule has 0 fully saturated rings. The zero-order valence-electron chi connectivity index (χ0n) is 17.2. The number of aryl methyl sites for hydroxylation is 2. The zero-order valence-corrected chi connectivity index (χ0v) is 17.2. The Hall–Kier alpha value is -4.21. The Bertz CT molecular complexity index is 1020. The Labute approximate surface area is 178 Å². The summed E-state index contributed by atoms with van der Waals surface area (Å²) in [5.41, 5.74) is 4.65. The van der Waals surface area contributed by atoms with Crippen molar-refractivity contribution >= 4 is 35.5 Å². The summed E-state index contributed by atoms with van der Waals surface area (Å²) in [4.78, 5) is 46.8. The fraction of sp³-hybridized carbons (Fsp3) is 0.190. The smallest absolute Gasteiger partial charge is 0.329 e. The van der Waals surface area contributed by atoms with Crippen molar-refractivity contribution in [3.05, 3.63) is 65.6 Å². The minimum Gasteiger partial charge on any atom is -0.458 e. The van der Waals surface area contributed by atoms with Gasteiger partial charge in [-0.1, -0.05) is 12.1 Å². The Morgan fingerprint density at radius 1 is 0.968 bits per heavy atom. The quantitative estimate of drug-likeness (QED) is 0.226. The molecule has 0 spiro atoms. The molecule has 10 heteroatoms. The number of nitrogens with zero attached hydrogens (tertiary/aromatic N) is 1. The first-order chi connectivity index (χ1) is 14.8. The van der Waals surface area contributed by atoms with Gasteiger partial charge in [-0.3, -0.25) is 19.2 Å². The molecule has 0 atom stereocenters. The van der Waals surface area contributed by atoms with Gasteiger partial charge >= 0.3 is 23.6 Å². The third-order valence-corrected chi connectivity index (χ3v) is 4.05. The van der Waals surface area contributed by atoms with Gasteiger partial charge in [0.1, 0.15) is 11.5 Å². The Morgan fingerprint density at radius 2 is 1.71 bits per heavy atom. The average molecular weight is 425 g/mol. The number of hydrogen-bond acceptors (Lipinski definition) is 6.